The van der Waals surface area contributed by atoms with Crippen molar-refractivity contribution in [2.45, 2.75) is 56.6 Å². The number of fused-ring (bicyclic) bond motifs is 1. The summed E-state index contributed by atoms with van der Waals surface area (Å²) in [4.78, 5) is -0.00637. The van der Waals surface area contributed by atoms with Crippen molar-refractivity contribution in [1.82, 2.24) is 8.61 Å². The van der Waals surface area contributed by atoms with Crippen molar-refractivity contribution in [2.75, 3.05) is 33.0 Å². The van der Waals surface area contributed by atoms with E-state index in [0.717, 1.165) is 19.1 Å². The molecule has 0 amide bonds. The molecule has 0 aromatic heterocycles. The molecule has 33 heavy (non-hydrogen) atoms. The second-order valence-electron chi connectivity index (χ2n) is 9.20. The summed E-state index contributed by atoms with van der Waals surface area (Å²) >= 11 is 0. The van der Waals surface area contributed by atoms with Gasteiger partial charge < -0.3 is 9.84 Å². The van der Waals surface area contributed by atoms with Gasteiger partial charge in [0.1, 0.15) is 16.7 Å². The molecule has 184 valence electrons. The van der Waals surface area contributed by atoms with Crippen LogP contribution in [0.5, 0.6) is 5.75 Å². The molecule has 1 heterocycles. The molecule has 1 aliphatic carbocycles. The quantitative estimate of drug-likeness (QED) is 0.622. The smallest absolute Gasteiger partial charge is 0.247 e. The van der Waals surface area contributed by atoms with Gasteiger partial charge in [0.2, 0.25) is 20.0 Å². The first-order chi connectivity index (χ1) is 15.4. The zero-order chi connectivity index (χ0) is 24.4. The maximum Gasteiger partial charge on any atom is 0.247 e. The average Bonchev–Trinajstić information content (AvgIpc) is 3.27. The van der Waals surface area contributed by atoms with Gasteiger partial charge in [-0.2, -0.15) is 4.31 Å². The summed E-state index contributed by atoms with van der Waals surface area (Å²) in [6.07, 6.45) is 5.04. The number of sulfonamides is 2. The molecule has 10 heteroatoms. The number of ether oxygens (including phenoxy) is 1. The average molecular weight is 499 g/mol. The van der Waals surface area contributed by atoms with Gasteiger partial charge in [-0.3, -0.25) is 0 Å². The topological polar surface area (TPSA) is 104 Å². The summed E-state index contributed by atoms with van der Waals surface area (Å²) in [5.41, 5.74) is 0.654. The third kappa shape index (κ3) is 6.08. The lowest BCUT2D eigenvalue weighted by Gasteiger charge is -2.37. The number of aliphatic hydroxyl groups excluding tert-OH is 1. The Morgan fingerprint density at radius 2 is 1.97 bits per heavy atom. The Morgan fingerprint density at radius 3 is 2.58 bits per heavy atom. The van der Waals surface area contributed by atoms with E-state index in [1.807, 2.05) is 6.92 Å². The zero-order valence-corrected chi connectivity index (χ0v) is 21.3. The molecule has 2 aliphatic rings. The van der Waals surface area contributed by atoms with Gasteiger partial charge in [-0.1, -0.05) is 31.6 Å². The van der Waals surface area contributed by atoms with Gasteiger partial charge in [0.25, 0.3) is 0 Å². The van der Waals surface area contributed by atoms with E-state index < -0.39 is 32.2 Å². The van der Waals surface area contributed by atoms with Crippen molar-refractivity contribution < 1.29 is 26.7 Å². The summed E-state index contributed by atoms with van der Waals surface area (Å²) in [5, 5.41) is 9.71. The lowest BCUT2D eigenvalue weighted by molar-refractivity contribution is 0.0905. The van der Waals surface area contributed by atoms with Crippen LogP contribution in [0.1, 0.15) is 45.1 Å². The van der Waals surface area contributed by atoms with Crippen LogP contribution in [0.2, 0.25) is 0 Å². The van der Waals surface area contributed by atoms with E-state index in [-0.39, 0.29) is 36.3 Å². The van der Waals surface area contributed by atoms with Gasteiger partial charge in [0.15, 0.2) is 0 Å². The summed E-state index contributed by atoms with van der Waals surface area (Å²) in [7, 11) is -5.92. The maximum absolute atomic E-state index is 13.5. The van der Waals surface area contributed by atoms with Gasteiger partial charge >= 0.3 is 0 Å². The lowest BCUT2D eigenvalue weighted by Crippen LogP contribution is -2.50. The van der Waals surface area contributed by atoms with Crippen molar-refractivity contribution in [3.05, 3.63) is 23.8 Å². The fourth-order valence-corrected chi connectivity index (χ4v) is 6.41. The second kappa shape index (κ2) is 10.3. The predicted molar refractivity (Wildman–Crippen MR) is 127 cm³/mol. The van der Waals surface area contributed by atoms with Crippen LogP contribution >= 0.6 is 0 Å². The molecular weight excluding hydrogens is 464 g/mol. The summed E-state index contributed by atoms with van der Waals surface area (Å²) in [6, 6.07) is 4.15. The molecule has 1 fully saturated rings. The molecule has 1 saturated carbocycles. The molecule has 0 unspecified atom stereocenters. The van der Waals surface area contributed by atoms with Crippen molar-refractivity contribution in [2.24, 2.45) is 11.8 Å². The van der Waals surface area contributed by atoms with E-state index in [9.17, 15) is 21.9 Å². The van der Waals surface area contributed by atoms with Crippen LogP contribution in [-0.2, 0) is 20.0 Å². The monoisotopic (exact) mass is 498 g/mol. The maximum atomic E-state index is 13.5. The summed E-state index contributed by atoms with van der Waals surface area (Å²) in [6.45, 7) is 3.29. The van der Waals surface area contributed by atoms with Crippen LogP contribution in [0.4, 0.5) is 0 Å². The van der Waals surface area contributed by atoms with Gasteiger partial charge in [0, 0.05) is 37.0 Å². The van der Waals surface area contributed by atoms with Crippen molar-refractivity contribution in [1.29, 1.82) is 0 Å². The van der Waals surface area contributed by atoms with E-state index in [2.05, 4.69) is 11.8 Å². The Balaban J connectivity index is 2.05. The third-order valence-electron chi connectivity index (χ3n) is 6.45. The lowest BCUT2D eigenvalue weighted by atomic mass is 10.0. The van der Waals surface area contributed by atoms with Crippen LogP contribution < -0.4 is 4.74 Å². The molecule has 3 atom stereocenters. The molecule has 1 aromatic carbocycles. The molecule has 3 rings (SSSR count). The minimum atomic E-state index is -3.95. The Kier molecular flexibility index (Phi) is 8.12. The molecule has 0 radical (unpaired) electrons. The summed E-state index contributed by atoms with van der Waals surface area (Å²) in [5.74, 6) is 6.60. The molecule has 1 aliphatic heterocycles. The van der Waals surface area contributed by atoms with Crippen LogP contribution in [0.25, 0.3) is 0 Å². The Labute approximate surface area is 198 Å². The number of nitrogens with zero attached hydrogens (tertiary/aromatic N) is 2. The molecule has 0 saturated heterocycles. The molecular formula is C23H34N2O6S2. The summed E-state index contributed by atoms with van der Waals surface area (Å²) < 4.78 is 59.6. The molecule has 0 bridgehead atoms. The van der Waals surface area contributed by atoms with E-state index >= 15 is 0 Å². The SMILES string of the molecule is C[C@@H]1CN([C@H](C)CO)S(=O)(=O)c2ccc(C#CC3CCCC3)cc2O[C@H]1CN(C)S(C)(=O)=O. The number of likely N-dealkylation sites (N-methyl/N-ethyl adjacent to an activating group) is 1. The first-order valence-corrected chi connectivity index (χ1v) is 14.6. The minimum absolute atomic E-state index is 0.00637. The van der Waals surface area contributed by atoms with E-state index in [0.29, 0.717) is 11.5 Å². The zero-order valence-electron chi connectivity index (χ0n) is 19.7. The number of hydrogen-bond donors (Lipinski definition) is 1. The first-order valence-electron chi connectivity index (χ1n) is 11.3. The number of aliphatic hydroxyl groups is 1. The van der Waals surface area contributed by atoms with E-state index in [4.69, 9.17) is 4.74 Å². The van der Waals surface area contributed by atoms with Crippen molar-refractivity contribution >= 4 is 20.0 Å². The highest BCUT2D eigenvalue weighted by molar-refractivity contribution is 7.89. The highest BCUT2D eigenvalue weighted by atomic mass is 32.2. The van der Waals surface area contributed by atoms with Gasteiger partial charge in [-0.15, -0.1) is 0 Å². The Hall–Kier alpha value is -1.64. The molecule has 1 N–H and O–H groups in total. The highest BCUT2D eigenvalue weighted by Crippen LogP contribution is 2.34. The first kappa shape index (κ1) is 26.0. The highest BCUT2D eigenvalue weighted by Gasteiger charge is 2.38. The van der Waals surface area contributed by atoms with Crippen LogP contribution in [0.3, 0.4) is 0 Å². The standard InChI is InChI=1S/C23H34N2O6S2/c1-17-14-25(18(2)16-26)33(29,30)23-12-11-20(10-9-19-7-5-6-8-19)13-21(23)31-22(17)15-24(3)32(4,27)28/h11-13,17-19,22,26H,5-8,14-16H2,1-4H3/t17-,18-,22+/m1/s1. The number of rotatable bonds is 5. The van der Waals surface area contributed by atoms with Crippen LogP contribution in [0, 0.1) is 23.7 Å². The largest absolute Gasteiger partial charge is 0.487 e. The molecule has 1 aromatic rings. The Morgan fingerprint density at radius 1 is 1.30 bits per heavy atom. The van der Waals surface area contributed by atoms with E-state index in [1.165, 1.54) is 34.6 Å². The van der Waals surface area contributed by atoms with Crippen molar-refractivity contribution in [3.8, 4) is 17.6 Å². The van der Waals surface area contributed by atoms with E-state index in [1.54, 1.807) is 19.1 Å². The Bertz CT molecular complexity index is 1120. The third-order valence-corrected chi connectivity index (χ3v) is 9.75. The van der Waals surface area contributed by atoms with Gasteiger partial charge in [-0.05, 0) is 38.0 Å². The van der Waals surface area contributed by atoms with Crippen molar-refractivity contribution in [3.63, 3.8) is 0 Å². The van der Waals surface area contributed by atoms with Crippen LogP contribution in [-0.4, -0.2) is 75.7 Å². The van der Waals surface area contributed by atoms with Gasteiger partial charge in [0.05, 0.1) is 19.4 Å². The minimum Gasteiger partial charge on any atom is -0.487 e. The second-order valence-corrected chi connectivity index (χ2v) is 13.1. The predicted octanol–water partition coefficient (Wildman–Crippen LogP) is 1.89. The molecule has 0 spiro atoms. The van der Waals surface area contributed by atoms with Crippen LogP contribution in [0.15, 0.2) is 23.1 Å². The molecule has 8 nitrogen and oxygen atoms in total. The normalized spacial score (nSPS) is 24.8. The number of benzene rings is 1. The fraction of sp³-hybridized carbons (Fsp3) is 0.652. The fourth-order valence-electron chi connectivity index (χ4n) is 4.17. The number of hydrogen-bond acceptors (Lipinski definition) is 6. The van der Waals surface area contributed by atoms with Gasteiger partial charge in [-0.25, -0.2) is 21.1 Å².